The number of anilines is 1. The zero-order valence-corrected chi connectivity index (χ0v) is 21.8. The Hall–Kier alpha value is -4.57. The lowest BCUT2D eigenvalue weighted by atomic mass is 10.1. The summed E-state index contributed by atoms with van der Waals surface area (Å²) < 4.78 is 27.5. The van der Waals surface area contributed by atoms with Crippen LogP contribution in [-0.4, -0.2) is 63.2 Å². The number of imide groups is 1. The molecule has 1 unspecified atom stereocenters. The van der Waals surface area contributed by atoms with Crippen LogP contribution in [0.1, 0.15) is 43.9 Å². The van der Waals surface area contributed by atoms with E-state index in [0.29, 0.717) is 57.7 Å². The Labute approximate surface area is 225 Å². The van der Waals surface area contributed by atoms with Crippen LogP contribution in [0, 0.1) is 0 Å². The summed E-state index contributed by atoms with van der Waals surface area (Å²) in [7, 11) is 4.44. The smallest absolute Gasteiger partial charge is 0.261 e. The lowest BCUT2D eigenvalue weighted by Crippen LogP contribution is -2.36. The maximum absolute atomic E-state index is 13.0. The van der Waals surface area contributed by atoms with Crippen LogP contribution in [0.25, 0.3) is 0 Å². The molecule has 39 heavy (non-hydrogen) atoms. The minimum Gasteiger partial charge on any atom is -0.493 e. The topological polar surface area (TPSA) is 113 Å². The van der Waals surface area contributed by atoms with Crippen LogP contribution in [0.4, 0.5) is 5.69 Å². The predicted molar refractivity (Wildman–Crippen MR) is 141 cm³/mol. The van der Waals surface area contributed by atoms with Crippen LogP contribution in [-0.2, 0) is 4.74 Å². The molecule has 2 aliphatic heterocycles. The molecule has 0 aliphatic carbocycles. The summed E-state index contributed by atoms with van der Waals surface area (Å²) in [6.07, 6.45) is 1.63. The van der Waals surface area contributed by atoms with Gasteiger partial charge in [0.15, 0.2) is 11.5 Å². The highest BCUT2D eigenvalue weighted by molar-refractivity contribution is 6.21. The average molecular weight is 533 g/mol. The molecule has 0 aromatic heterocycles. The molecular weight excluding hydrogens is 504 g/mol. The van der Waals surface area contributed by atoms with Crippen LogP contribution in [0.15, 0.2) is 54.6 Å². The predicted octanol–water partition coefficient (Wildman–Crippen LogP) is 4.53. The second-order valence-corrected chi connectivity index (χ2v) is 9.06. The van der Waals surface area contributed by atoms with E-state index in [9.17, 15) is 14.4 Å². The van der Waals surface area contributed by atoms with Gasteiger partial charge in [-0.25, -0.2) is 0 Å². The molecular formula is C29H28N2O8. The van der Waals surface area contributed by atoms with Crippen molar-refractivity contribution in [2.45, 2.75) is 18.9 Å². The zero-order chi connectivity index (χ0) is 27.5. The van der Waals surface area contributed by atoms with Gasteiger partial charge in [0.25, 0.3) is 17.7 Å². The van der Waals surface area contributed by atoms with Gasteiger partial charge < -0.3 is 29.0 Å². The molecule has 10 nitrogen and oxygen atoms in total. The fraction of sp³-hybridized carbons (Fsp3) is 0.276. The van der Waals surface area contributed by atoms with Crippen molar-refractivity contribution in [3.05, 3.63) is 71.3 Å². The number of carbonyl (C=O) groups excluding carboxylic acids is 3. The third-order valence-corrected chi connectivity index (χ3v) is 6.61. The first-order valence-corrected chi connectivity index (χ1v) is 12.4. The number of nitrogens with one attached hydrogen (secondary N) is 1. The zero-order valence-electron chi connectivity index (χ0n) is 21.8. The van der Waals surface area contributed by atoms with Gasteiger partial charge in [-0.3, -0.25) is 19.3 Å². The van der Waals surface area contributed by atoms with Gasteiger partial charge in [0.2, 0.25) is 5.75 Å². The SMILES string of the molecule is COc1cc(C(=O)Nc2cccc(Oc3ccc4c(c3)C(=O)N(CC3CCCO3)C4=O)c2)cc(OC)c1OC. The first-order valence-electron chi connectivity index (χ1n) is 12.4. The molecule has 0 bridgehead atoms. The molecule has 0 spiro atoms. The highest BCUT2D eigenvalue weighted by Crippen LogP contribution is 2.38. The molecule has 5 rings (SSSR count). The largest absolute Gasteiger partial charge is 0.493 e. The standard InChI is InChI=1S/C29H28N2O8/c1-35-24-12-17(13-25(36-2)26(24)37-3)27(32)30-18-6-4-7-19(14-18)39-20-9-10-22-23(15-20)29(34)31(28(22)33)16-21-8-5-11-38-21/h4,6-7,9-10,12-15,21H,5,8,11,16H2,1-3H3,(H,30,32). The maximum atomic E-state index is 13.0. The van der Waals surface area contributed by atoms with E-state index in [1.165, 1.54) is 26.2 Å². The normalized spacial score (nSPS) is 16.2. The minimum absolute atomic E-state index is 0.124. The molecule has 0 radical (unpaired) electrons. The first kappa shape index (κ1) is 26.1. The van der Waals surface area contributed by atoms with Gasteiger partial charge in [0.05, 0.1) is 45.1 Å². The lowest BCUT2D eigenvalue weighted by molar-refractivity contribution is 0.0475. The summed E-state index contributed by atoms with van der Waals surface area (Å²) in [4.78, 5) is 40.0. The summed E-state index contributed by atoms with van der Waals surface area (Å²) in [6, 6.07) is 14.7. The molecule has 2 aliphatic rings. The number of carbonyl (C=O) groups is 3. The minimum atomic E-state index is -0.389. The van der Waals surface area contributed by atoms with Crippen LogP contribution in [0.2, 0.25) is 0 Å². The number of rotatable bonds is 9. The summed E-state index contributed by atoms with van der Waals surface area (Å²) in [5.41, 5.74) is 1.44. The summed E-state index contributed by atoms with van der Waals surface area (Å²) >= 11 is 0. The maximum Gasteiger partial charge on any atom is 0.261 e. The molecule has 3 aromatic rings. The molecule has 3 amide bonds. The Kier molecular flexibility index (Phi) is 7.38. The number of nitrogens with zero attached hydrogens (tertiary/aromatic N) is 1. The Morgan fingerprint density at radius 3 is 2.31 bits per heavy atom. The van der Waals surface area contributed by atoms with Gasteiger partial charge in [-0.1, -0.05) is 6.07 Å². The van der Waals surface area contributed by atoms with Crippen LogP contribution >= 0.6 is 0 Å². The van der Waals surface area contributed by atoms with E-state index >= 15 is 0 Å². The number of hydrogen-bond acceptors (Lipinski definition) is 8. The Bertz CT molecular complexity index is 1410. The Morgan fingerprint density at radius 1 is 0.923 bits per heavy atom. The van der Waals surface area contributed by atoms with E-state index in [2.05, 4.69) is 5.32 Å². The fourth-order valence-corrected chi connectivity index (χ4v) is 4.68. The van der Waals surface area contributed by atoms with E-state index in [-0.39, 0.29) is 30.4 Å². The fourth-order valence-electron chi connectivity index (χ4n) is 4.68. The number of ether oxygens (including phenoxy) is 5. The Morgan fingerprint density at radius 2 is 1.64 bits per heavy atom. The van der Waals surface area contributed by atoms with E-state index in [0.717, 1.165) is 12.8 Å². The highest BCUT2D eigenvalue weighted by Gasteiger charge is 2.37. The van der Waals surface area contributed by atoms with Gasteiger partial charge in [0.1, 0.15) is 11.5 Å². The van der Waals surface area contributed by atoms with E-state index in [1.807, 2.05) is 0 Å². The van der Waals surface area contributed by atoms with E-state index in [4.69, 9.17) is 23.7 Å². The third kappa shape index (κ3) is 5.23. The molecule has 1 N–H and O–H groups in total. The highest BCUT2D eigenvalue weighted by atomic mass is 16.5. The molecule has 1 saturated heterocycles. The molecule has 1 fully saturated rings. The number of fused-ring (bicyclic) bond motifs is 1. The average Bonchev–Trinajstić information content (AvgIpc) is 3.55. The van der Waals surface area contributed by atoms with Gasteiger partial charge in [-0.15, -0.1) is 0 Å². The van der Waals surface area contributed by atoms with Gasteiger partial charge >= 0.3 is 0 Å². The molecule has 3 aromatic carbocycles. The van der Waals surface area contributed by atoms with Crippen molar-refractivity contribution in [2.24, 2.45) is 0 Å². The van der Waals surface area contributed by atoms with E-state index in [1.54, 1.807) is 54.6 Å². The summed E-state index contributed by atoms with van der Waals surface area (Å²) in [5, 5.41) is 2.83. The van der Waals surface area contributed by atoms with Crippen molar-refractivity contribution in [3.63, 3.8) is 0 Å². The quantitative estimate of drug-likeness (QED) is 0.400. The number of hydrogen-bond donors (Lipinski definition) is 1. The molecule has 2 heterocycles. The van der Waals surface area contributed by atoms with Crippen molar-refractivity contribution in [2.75, 3.05) is 39.8 Å². The van der Waals surface area contributed by atoms with Gasteiger partial charge in [-0.05, 0) is 55.3 Å². The molecule has 0 saturated carbocycles. The van der Waals surface area contributed by atoms with Crippen molar-refractivity contribution >= 4 is 23.4 Å². The molecule has 1 atom stereocenters. The monoisotopic (exact) mass is 532 g/mol. The summed E-state index contributed by atoms with van der Waals surface area (Å²) in [5.74, 6) is 0.857. The lowest BCUT2D eigenvalue weighted by Gasteiger charge is -2.17. The number of benzene rings is 3. The van der Waals surface area contributed by atoms with Gasteiger partial charge in [-0.2, -0.15) is 0 Å². The third-order valence-electron chi connectivity index (χ3n) is 6.61. The van der Waals surface area contributed by atoms with Crippen molar-refractivity contribution in [1.82, 2.24) is 4.90 Å². The van der Waals surface area contributed by atoms with Crippen molar-refractivity contribution in [1.29, 1.82) is 0 Å². The Balaban J connectivity index is 1.30. The van der Waals surface area contributed by atoms with Crippen molar-refractivity contribution in [3.8, 4) is 28.7 Å². The second-order valence-electron chi connectivity index (χ2n) is 9.06. The van der Waals surface area contributed by atoms with Crippen LogP contribution in [0.3, 0.4) is 0 Å². The first-order chi connectivity index (χ1) is 18.9. The van der Waals surface area contributed by atoms with Crippen molar-refractivity contribution < 1.29 is 38.1 Å². The number of amides is 3. The molecule has 202 valence electrons. The molecule has 10 heteroatoms. The van der Waals surface area contributed by atoms with Crippen LogP contribution < -0.4 is 24.3 Å². The summed E-state index contributed by atoms with van der Waals surface area (Å²) in [6.45, 7) is 0.893. The van der Waals surface area contributed by atoms with Crippen LogP contribution in [0.5, 0.6) is 28.7 Å². The number of methoxy groups -OCH3 is 3. The van der Waals surface area contributed by atoms with E-state index < -0.39 is 0 Å². The van der Waals surface area contributed by atoms with Gasteiger partial charge in [0, 0.05) is 23.9 Å². The second kappa shape index (κ2) is 11.0.